The van der Waals surface area contributed by atoms with Gasteiger partial charge in [0.2, 0.25) is 5.16 Å². The molecule has 1 aromatic rings. The number of likely N-dealkylation sites (tertiary alicyclic amines) is 1. The van der Waals surface area contributed by atoms with E-state index in [0.717, 1.165) is 29.9 Å². The van der Waals surface area contributed by atoms with Gasteiger partial charge in [-0.3, -0.25) is 4.79 Å². The first-order valence-corrected chi connectivity index (χ1v) is 7.40. The fourth-order valence-electron chi connectivity index (χ4n) is 2.28. The molecule has 2 heterocycles. The maximum absolute atomic E-state index is 12.1. The molecule has 1 aliphatic heterocycles. The molecule has 0 bridgehead atoms. The van der Waals surface area contributed by atoms with Crippen LogP contribution in [-0.4, -0.2) is 32.6 Å². The Labute approximate surface area is 110 Å². The first kappa shape index (κ1) is 12.8. The van der Waals surface area contributed by atoms with Crippen LogP contribution in [0.1, 0.15) is 25.3 Å². The minimum atomic E-state index is 0.0844. The summed E-state index contributed by atoms with van der Waals surface area (Å²) < 4.78 is 4.13. The van der Waals surface area contributed by atoms with Crippen molar-refractivity contribution in [1.82, 2.24) is 14.3 Å². The molecular weight excluding hydrogens is 254 g/mol. The molecule has 0 saturated carbocycles. The summed E-state index contributed by atoms with van der Waals surface area (Å²) in [6.45, 7) is 8.02. The molecule has 1 fully saturated rings. The molecule has 17 heavy (non-hydrogen) atoms. The van der Waals surface area contributed by atoms with Crippen LogP contribution in [0.5, 0.6) is 0 Å². The van der Waals surface area contributed by atoms with Crippen molar-refractivity contribution >= 4 is 28.5 Å². The summed E-state index contributed by atoms with van der Waals surface area (Å²) in [6, 6.07) is 0. The number of rotatable bonds is 1. The van der Waals surface area contributed by atoms with Gasteiger partial charge in [0, 0.05) is 24.9 Å². The highest BCUT2D eigenvalue weighted by molar-refractivity contribution is 8.13. The minimum absolute atomic E-state index is 0.0844. The van der Waals surface area contributed by atoms with Gasteiger partial charge in [-0.25, -0.2) is 4.98 Å². The topological polar surface area (TPSA) is 46.1 Å². The second kappa shape index (κ2) is 5.35. The van der Waals surface area contributed by atoms with Crippen LogP contribution in [0, 0.1) is 18.8 Å². The smallest absolute Gasteiger partial charge is 0.289 e. The second-order valence-corrected chi connectivity index (χ2v) is 6.69. The predicted octanol–water partition coefficient (Wildman–Crippen LogP) is 3.04. The van der Waals surface area contributed by atoms with Gasteiger partial charge < -0.3 is 4.90 Å². The third-order valence-corrected chi connectivity index (χ3v) is 4.35. The van der Waals surface area contributed by atoms with Crippen molar-refractivity contribution in [3.8, 4) is 0 Å². The number of aromatic nitrogens is 2. The Morgan fingerprint density at radius 3 is 2.59 bits per heavy atom. The molecule has 1 aromatic heterocycles. The van der Waals surface area contributed by atoms with Crippen molar-refractivity contribution in [1.29, 1.82) is 0 Å². The van der Waals surface area contributed by atoms with Gasteiger partial charge >= 0.3 is 0 Å². The fraction of sp³-hybridized carbons (Fsp3) is 0.727. The Hall–Kier alpha value is -0.620. The van der Waals surface area contributed by atoms with Crippen molar-refractivity contribution in [2.75, 3.05) is 13.1 Å². The average Bonchev–Trinajstić information content (AvgIpc) is 2.62. The third-order valence-electron chi connectivity index (χ3n) is 2.81. The Morgan fingerprint density at radius 2 is 2.06 bits per heavy atom. The van der Waals surface area contributed by atoms with Gasteiger partial charge in [-0.2, -0.15) is 4.37 Å². The number of carbonyl (C=O) groups is 1. The molecule has 0 N–H and O–H groups in total. The lowest BCUT2D eigenvalue weighted by Gasteiger charge is -2.34. The van der Waals surface area contributed by atoms with Gasteiger partial charge in [-0.15, -0.1) is 0 Å². The number of nitrogens with zero attached hydrogens (tertiary/aromatic N) is 3. The number of aryl methyl sites for hydroxylation is 1. The summed E-state index contributed by atoms with van der Waals surface area (Å²) in [6.07, 6.45) is 1.21. The molecule has 4 nitrogen and oxygen atoms in total. The monoisotopic (exact) mass is 271 g/mol. The van der Waals surface area contributed by atoms with Crippen LogP contribution in [0.3, 0.4) is 0 Å². The van der Waals surface area contributed by atoms with E-state index in [4.69, 9.17) is 0 Å². The summed E-state index contributed by atoms with van der Waals surface area (Å²) in [5.41, 5.74) is 0. The molecule has 2 unspecified atom stereocenters. The molecule has 94 valence electrons. The molecule has 1 amide bonds. The molecule has 2 atom stereocenters. The lowest BCUT2D eigenvalue weighted by molar-refractivity contribution is 0.165. The highest BCUT2D eigenvalue weighted by Crippen LogP contribution is 2.26. The van der Waals surface area contributed by atoms with E-state index in [2.05, 4.69) is 23.2 Å². The summed E-state index contributed by atoms with van der Waals surface area (Å²) in [7, 11) is 0. The highest BCUT2D eigenvalue weighted by Gasteiger charge is 2.26. The van der Waals surface area contributed by atoms with E-state index in [-0.39, 0.29) is 5.24 Å². The van der Waals surface area contributed by atoms with Crippen LogP contribution < -0.4 is 0 Å². The first-order chi connectivity index (χ1) is 8.04. The van der Waals surface area contributed by atoms with E-state index in [1.165, 1.54) is 18.0 Å². The van der Waals surface area contributed by atoms with Crippen molar-refractivity contribution in [3.05, 3.63) is 5.01 Å². The second-order valence-electron chi connectivity index (χ2n) is 4.81. The van der Waals surface area contributed by atoms with Gasteiger partial charge in [0.15, 0.2) is 0 Å². The molecule has 1 aliphatic rings. The molecule has 2 rings (SSSR count). The van der Waals surface area contributed by atoms with E-state index in [0.29, 0.717) is 17.0 Å². The quantitative estimate of drug-likeness (QED) is 0.737. The van der Waals surface area contributed by atoms with E-state index >= 15 is 0 Å². The van der Waals surface area contributed by atoms with Gasteiger partial charge in [-0.1, -0.05) is 13.8 Å². The number of amides is 1. The van der Waals surface area contributed by atoms with E-state index < -0.39 is 0 Å². The van der Waals surface area contributed by atoms with E-state index in [1.807, 2.05) is 11.8 Å². The van der Waals surface area contributed by atoms with Crippen molar-refractivity contribution in [2.24, 2.45) is 11.8 Å². The highest BCUT2D eigenvalue weighted by atomic mass is 32.2. The predicted molar refractivity (Wildman–Crippen MR) is 70.4 cm³/mol. The maximum atomic E-state index is 12.1. The van der Waals surface area contributed by atoms with Crippen LogP contribution in [0.25, 0.3) is 0 Å². The molecule has 1 saturated heterocycles. The normalized spacial score (nSPS) is 25.0. The Kier molecular flexibility index (Phi) is 4.04. The van der Waals surface area contributed by atoms with Gasteiger partial charge in [0.05, 0.1) is 0 Å². The molecule has 0 aliphatic carbocycles. The van der Waals surface area contributed by atoms with E-state index in [9.17, 15) is 4.79 Å². The van der Waals surface area contributed by atoms with Crippen molar-refractivity contribution in [3.63, 3.8) is 0 Å². The lowest BCUT2D eigenvalue weighted by Crippen LogP contribution is -2.40. The largest absolute Gasteiger partial charge is 0.333 e. The van der Waals surface area contributed by atoms with Crippen LogP contribution in [0.15, 0.2) is 5.16 Å². The number of hydrogen-bond acceptors (Lipinski definition) is 5. The standard InChI is InChI=1S/C11H17N3OS2/c1-7-4-8(2)6-14(5-7)11(15)16-10-12-9(3)17-13-10/h7-8H,4-6H2,1-3H3. The van der Waals surface area contributed by atoms with Crippen LogP contribution in [0.4, 0.5) is 4.79 Å². The zero-order chi connectivity index (χ0) is 12.4. The Balaban J connectivity index is 1.95. The zero-order valence-corrected chi connectivity index (χ0v) is 12.0. The van der Waals surface area contributed by atoms with Crippen molar-refractivity contribution < 1.29 is 4.79 Å². The first-order valence-electron chi connectivity index (χ1n) is 5.81. The van der Waals surface area contributed by atoms with Gasteiger partial charge in [0.1, 0.15) is 5.01 Å². The molecule has 0 aromatic carbocycles. The number of thioether (sulfide) groups is 1. The van der Waals surface area contributed by atoms with Crippen LogP contribution in [0.2, 0.25) is 0 Å². The minimum Gasteiger partial charge on any atom is -0.333 e. The summed E-state index contributed by atoms with van der Waals surface area (Å²) >= 11 is 2.49. The van der Waals surface area contributed by atoms with Crippen LogP contribution >= 0.6 is 23.3 Å². The van der Waals surface area contributed by atoms with E-state index in [1.54, 1.807) is 0 Å². The van der Waals surface area contributed by atoms with Crippen molar-refractivity contribution in [2.45, 2.75) is 32.3 Å². The third kappa shape index (κ3) is 3.42. The SMILES string of the molecule is Cc1nc(SC(=O)N2CC(C)CC(C)C2)ns1. The zero-order valence-electron chi connectivity index (χ0n) is 10.3. The molecule has 0 radical (unpaired) electrons. The molecular formula is C11H17N3OS2. The Morgan fingerprint density at radius 1 is 1.41 bits per heavy atom. The fourth-order valence-corrected chi connectivity index (χ4v) is 3.59. The van der Waals surface area contributed by atoms with Gasteiger partial charge in [0.25, 0.3) is 5.24 Å². The Bertz CT molecular complexity index is 397. The summed E-state index contributed by atoms with van der Waals surface area (Å²) in [5, 5.41) is 1.57. The average molecular weight is 271 g/mol. The van der Waals surface area contributed by atoms with Gasteiger partial charge in [-0.05, 0) is 36.7 Å². The number of carbonyl (C=O) groups excluding carboxylic acids is 1. The molecule has 6 heteroatoms. The lowest BCUT2D eigenvalue weighted by atomic mass is 9.92. The summed E-state index contributed by atoms with van der Waals surface area (Å²) in [5.74, 6) is 1.18. The van der Waals surface area contributed by atoms with Crippen LogP contribution in [-0.2, 0) is 0 Å². The molecule has 0 spiro atoms. The number of piperidine rings is 1. The summed E-state index contributed by atoms with van der Waals surface area (Å²) in [4.78, 5) is 18.2. The maximum Gasteiger partial charge on any atom is 0.289 e. The number of hydrogen-bond donors (Lipinski definition) is 0.